The highest BCUT2D eigenvalue weighted by Crippen LogP contribution is 2.46. The molecule has 0 N–H and O–H groups in total. The number of para-hydroxylation sites is 2. The molecule has 6 heteroatoms. The predicted molar refractivity (Wildman–Crippen MR) is 338 cm³/mol. The maximum Gasteiger partial charge on any atom is 0.123 e. The summed E-state index contributed by atoms with van der Waals surface area (Å²) < 4.78 is 33.0. The van der Waals surface area contributed by atoms with Crippen LogP contribution < -0.4 is 9.80 Å². The highest BCUT2D eigenvalue weighted by molar-refractivity contribution is 6.13. The van der Waals surface area contributed by atoms with Gasteiger partial charge in [-0.3, -0.25) is 0 Å². The topological polar surface area (TPSA) is 16.3 Å². The maximum absolute atomic E-state index is 14.3. The van der Waals surface area contributed by atoms with Gasteiger partial charge in [-0.05, 0) is 178 Å². The van der Waals surface area contributed by atoms with Gasteiger partial charge in [0.05, 0.1) is 27.8 Å². The molecule has 4 nitrogen and oxygen atoms in total. The Balaban J connectivity index is 0.853. The van der Waals surface area contributed by atoms with Crippen molar-refractivity contribution >= 4 is 88.5 Å². The molecule has 0 aliphatic rings. The number of aromatic nitrogens is 2. The molecule has 13 aromatic carbocycles. The average molecular weight is 1060 g/mol. The Morgan fingerprint density at radius 3 is 1.06 bits per heavy atom. The smallest absolute Gasteiger partial charge is 0.123 e. The summed E-state index contributed by atoms with van der Waals surface area (Å²) in [5.41, 5.74) is 19.0. The molecule has 15 rings (SSSR count). The first kappa shape index (κ1) is 48.3. The van der Waals surface area contributed by atoms with E-state index in [0.717, 1.165) is 133 Å². The van der Waals surface area contributed by atoms with Gasteiger partial charge < -0.3 is 18.9 Å². The van der Waals surface area contributed by atoms with Crippen LogP contribution in [0.25, 0.3) is 99.1 Å². The monoisotopic (exact) mass is 1060 g/mol. The third-order valence-electron chi connectivity index (χ3n) is 16.0. The normalized spacial score (nSPS) is 11.5. The SMILES string of the molecule is Fc1ccc(-n2c3ccccc3c3cc(N(c4ccc(-c5ccccc5)cc4)c4ccc(-c5ccc(N(c6ccc(-c7ccccc7)cc6)c6ccc7c(c6)c6ccccc6n7-c6ccc(F)cc6)c6ccccc56)cc4)ccc32)cc1. The van der Waals surface area contributed by atoms with E-state index in [9.17, 15) is 8.78 Å². The van der Waals surface area contributed by atoms with Crippen LogP contribution in [0.4, 0.5) is 42.9 Å². The van der Waals surface area contributed by atoms with Gasteiger partial charge in [-0.1, -0.05) is 164 Å². The second-order valence-corrected chi connectivity index (χ2v) is 20.8. The van der Waals surface area contributed by atoms with Crippen LogP contribution in [0.15, 0.2) is 303 Å². The van der Waals surface area contributed by atoms with Crippen LogP contribution >= 0.6 is 0 Å². The van der Waals surface area contributed by atoms with Gasteiger partial charge in [0.1, 0.15) is 11.6 Å². The Bertz CT molecular complexity index is 4840. The van der Waals surface area contributed by atoms with Crippen LogP contribution in [0, 0.1) is 11.6 Å². The number of rotatable bonds is 11. The molecule has 0 spiro atoms. The van der Waals surface area contributed by atoms with Crippen LogP contribution in [0.3, 0.4) is 0 Å². The van der Waals surface area contributed by atoms with E-state index in [2.05, 4.69) is 262 Å². The fourth-order valence-corrected chi connectivity index (χ4v) is 12.2. The second-order valence-electron chi connectivity index (χ2n) is 20.8. The van der Waals surface area contributed by atoms with Crippen LogP contribution in [-0.4, -0.2) is 9.13 Å². The second kappa shape index (κ2) is 20.1. The number of hydrogen-bond acceptors (Lipinski definition) is 2. The molecule has 0 unspecified atom stereocenters. The lowest BCUT2D eigenvalue weighted by atomic mass is 9.95. The Hall–Kier alpha value is -10.8. The van der Waals surface area contributed by atoms with Crippen LogP contribution in [0.1, 0.15) is 0 Å². The highest BCUT2D eigenvalue weighted by Gasteiger charge is 2.22. The lowest BCUT2D eigenvalue weighted by Crippen LogP contribution is -2.11. The lowest BCUT2D eigenvalue weighted by molar-refractivity contribution is 0.627. The third kappa shape index (κ3) is 8.44. The molecule has 2 heterocycles. The molecule has 0 aliphatic carbocycles. The zero-order valence-electron chi connectivity index (χ0n) is 44.4. The third-order valence-corrected chi connectivity index (χ3v) is 16.0. The number of halogens is 2. The Morgan fingerprint density at radius 2 is 0.585 bits per heavy atom. The first-order valence-electron chi connectivity index (χ1n) is 27.6. The predicted octanol–water partition coefficient (Wildman–Crippen LogP) is 21.3. The van der Waals surface area contributed by atoms with Crippen LogP contribution in [0.2, 0.25) is 0 Å². The molecule has 0 saturated carbocycles. The van der Waals surface area contributed by atoms with E-state index in [1.54, 1.807) is 0 Å². The Labute approximate surface area is 473 Å². The quantitative estimate of drug-likeness (QED) is 0.128. The van der Waals surface area contributed by atoms with Crippen molar-refractivity contribution in [1.29, 1.82) is 0 Å². The van der Waals surface area contributed by atoms with Crippen molar-refractivity contribution in [2.24, 2.45) is 0 Å². The van der Waals surface area contributed by atoms with Gasteiger partial charge in [-0.15, -0.1) is 0 Å². The number of hydrogen-bond donors (Lipinski definition) is 0. The highest BCUT2D eigenvalue weighted by atomic mass is 19.1. The molecule has 0 atom stereocenters. The molecule has 388 valence electrons. The molecule has 0 saturated heterocycles. The minimum Gasteiger partial charge on any atom is -0.310 e. The molecule has 0 aliphatic heterocycles. The molecular formula is C76H50F2N4. The molecule has 15 aromatic rings. The zero-order valence-corrected chi connectivity index (χ0v) is 44.4. The number of anilines is 6. The molecule has 82 heavy (non-hydrogen) atoms. The standard InChI is InChI=1S/C76H50F2N4/c77-56-29-39-61(40-30-56)81-72-21-11-9-19-68(72)70-49-63(43-46-75(70)81)79(58-33-23-53(24-34-58)51-13-3-1-4-14-51)59-37-27-55(28-38-59)65-45-48-74(67-18-8-7-17-66(65)67)80(60-35-25-54(26-36-60)52-15-5-2-6-16-52)64-44-47-76-71(50-64)69-20-10-12-22-73(69)82(76)62-41-31-57(78)32-42-62/h1-50H. The number of fused-ring (bicyclic) bond motifs is 7. The van der Waals surface area contributed by atoms with E-state index in [0.29, 0.717) is 0 Å². The fraction of sp³-hybridized carbons (Fsp3) is 0. The maximum atomic E-state index is 14.3. The summed E-state index contributed by atoms with van der Waals surface area (Å²) in [5.74, 6) is -0.527. The van der Waals surface area contributed by atoms with Crippen molar-refractivity contribution in [1.82, 2.24) is 9.13 Å². The molecular weight excluding hydrogens is 1010 g/mol. The summed E-state index contributed by atoms with van der Waals surface area (Å²) in [5, 5.41) is 6.67. The van der Waals surface area contributed by atoms with Crippen LogP contribution in [0.5, 0.6) is 0 Å². The number of nitrogens with zero attached hydrogens (tertiary/aromatic N) is 4. The van der Waals surface area contributed by atoms with Gasteiger partial charge >= 0.3 is 0 Å². The molecule has 0 bridgehead atoms. The number of benzene rings is 13. The molecule has 2 aromatic heterocycles. The summed E-state index contributed by atoms with van der Waals surface area (Å²) >= 11 is 0. The van der Waals surface area contributed by atoms with Crippen molar-refractivity contribution in [3.05, 3.63) is 315 Å². The zero-order chi connectivity index (χ0) is 54.7. The molecule has 0 radical (unpaired) electrons. The lowest BCUT2D eigenvalue weighted by Gasteiger charge is -2.28. The van der Waals surface area contributed by atoms with Gasteiger partial charge in [-0.2, -0.15) is 0 Å². The van der Waals surface area contributed by atoms with Gasteiger partial charge in [-0.25, -0.2) is 8.78 Å². The van der Waals surface area contributed by atoms with E-state index in [4.69, 9.17) is 0 Å². The Kier molecular flexibility index (Phi) is 11.9. The minimum absolute atomic E-state index is 0.263. The van der Waals surface area contributed by atoms with Gasteiger partial charge in [0.2, 0.25) is 0 Å². The summed E-state index contributed by atoms with van der Waals surface area (Å²) in [4.78, 5) is 4.71. The molecule has 0 fully saturated rings. The Morgan fingerprint density at radius 1 is 0.232 bits per heavy atom. The summed E-state index contributed by atoms with van der Waals surface area (Å²) in [6.07, 6.45) is 0. The molecule has 0 amide bonds. The van der Waals surface area contributed by atoms with E-state index >= 15 is 0 Å². The minimum atomic E-state index is -0.264. The van der Waals surface area contributed by atoms with Crippen molar-refractivity contribution in [3.8, 4) is 44.8 Å². The summed E-state index contributed by atoms with van der Waals surface area (Å²) in [6, 6.07) is 105. The van der Waals surface area contributed by atoms with Gasteiger partial charge in [0.15, 0.2) is 0 Å². The van der Waals surface area contributed by atoms with Crippen molar-refractivity contribution < 1.29 is 8.78 Å². The van der Waals surface area contributed by atoms with E-state index < -0.39 is 0 Å². The van der Waals surface area contributed by atoms with Gasteiger partial charge in [0, 0.05) is 66.7 Å². The fourth-order valence-electron chi connectivity index (χ4n) is 12.2. The van der Waals surface area contributed by atoms with E-state index in [1.165, 1.54) is 24.3 Å². The largest absolute Gasteiger partial charge is 0.310 e. The first-order valence-corrected chi connectivity index (χ1v) is 27.6. The summed E-state index contributed by atoms with van der Waals surface area (Å²) in [6.45, 7) is 0. The van der Waals surface area contributed by atoms with Crippen molar-refractivity contribution in [3.63, 3.8) is 0 Å². The summed E-state index contributed by atoms with van der Waals surface area (Å²) in [7, 11) is 0. The first-order chi connectivity index (χ1) is 40.5. The average Bonchev–Trinajstić information content (AvgIpc) is 4.23. The van der Waals surface area contributed by atoms with E-state index in [1.807, 2.05) is 36.4 Å². The van der Waals surface area contributed by atoms with Crippen molar-refractivity contribution in [2.75, 3.05) is 9.80 Å². The van der Waals surface area contributed by atoms with Crippen molar-refractivity contribution in [2.45, 2.75) is 0 Å². The van der Waals surface area contributed by atoms with E-state index in [-0.39, 0.29) is 11.6 Å². The van der Waals surface area contributed by atoms with Gasteiger partial charge in [0.25, 0.3) is 0 Å². The van der Waals surface area contributed by atoms with Crippen LogP contribution in [-0.2, 0) is 0 Å².